The van der Waals surface area contributed by atoms with E-state index < -0.39 is 0 Å². The van der Waals surface area contributed by atoms with E-state index in [1.54, 1.807) is 5.57 Å². The van der Waals surface area contributed by atoms with Crippen LogP contribution in [0, 0.1) is 0 Å². The van der Waals surface area contributed by atoms with Crippen molar-refractivity contribution < 1.29 is 0 Å². The number of unbranched alkanes of at least 4 members (excludes halogenated alkanes) is 7. The van der Waals surface area contributed by atoms with Gasteiger partial charge in [0, 0.05) is 0 Å². The van der Waals surface area contributed by atoms with Crippen LogP contribution in [0.2, 0.25) is 0 Å². The van der Waals surface area contributed by atoms with E-state index in [4.69, 9.17) is 0 Å². The smallest absolute Gasteiger partial charge is 0.0321 e. The predicted octanol–water partition coefficient (Wildman–Crippen LogP) is 5.87. The molecule has 0 aliphatic heterocycles. The van der Waals surface area contributed by atoms with Gasteiger partial charge in [-0.2, -0.15) is 0 Å². The summed E-state index contributed by atoms with van der Waals surface area (Å²) in [7, 11) is 0. The Kier molecular flexibility index (Phi) is 10.1. The van der Waals surface area contributed by atoms with Gasteiger partial charge in [0.15, 0.2) is 0 Å². The molecule has 0 saturated carbocycles. The first kappa shape index (κ1) is 14.7. The second-order valence-corrected chi connectivity index (χ2v) is 5.01. The molecule has 0 aliphatic rings. The third-order valence-electron chi connectivity index (χ3n) is 3.26. The lowest BCUT2D eigenvalue weighted by molar-refractivity contribution is 0.574. The van der Waals surface area contributed by atoms with Crippen molar-refractivity contribution in [3.8, 4) is 0 Å². The Morgan fingerprint density at radius 3 is 1.60 bits per heavy atom. The maximum atomic E-state index is 2.28. The van der Waals surface area contributed by atoms with E-state index >= 15 is 0 Å². The molecular weight excluding hydrogens is 180 g/mol. The highest BCUT2D eigenvalue weighted by atomic mass is 14.0. The van der Waals surface area contributed by atoms with Crippen molar-refractivity contribution in [3.05, 3.63) is 11.1 Å². The minimum absolute atomic E-state index is 1.32. The topological polar surface area (TPSA) is 0 Å². The van der Waals surface area contributed by atoms with Crippen molar-refractivity contribution >= 4 is 0 Å². The van der Waals surface area contributed by atoms with Gasteiger partial charge >= 0.3 is 0 Å². The van der Waals surface area contributed by atoms with Gasteiger partial charge < -0.3 is 0 Å². The van der Waals surface area contributed by atoms with Crippen molar-refractivity contribution in [2.75, 3.05) is 0 Å². The monoisotopic (exact) mass is 210 g/mol. The molecule has 0 atom stereocenters. The van der Waals surface area contributed by atoms with Gasteiger partial charge in [-0.3, -0.25) is 0 Å². The fraction of sp³-hybridized carbons (Fsp3) is 0.867. The Hall–Kier alpha value is -0.260. The molecule has 0 aromatic heterocycles. The lowest BCUT2D eigenvalue weighted by Gasteiger charge is -2.04. The zero-order chi connectivity index (χ0) is 11.5. The third kappa shape index (κ3) is 10.0. The molecule has 0 heteroatoms. The first-order chi connectivity index (χ1) is 7.18. The molecule has 0 fully saturated rings. The van der Waals surface area contributed by atoms with Crippen molar-refractivity contribution in [3.63, 3.8) is 0 Å². The van der Waals surface area contributed by atoms with Crippen LogP contribution < -0.4 is 0 Å². The van der Waals surface area contributed by atoms with Crippen molar-refractivity contribution in [2.45, 2.75) is 85.5 Å². The van der Waals surface area contributed by atoms with Crippen LogP contribution in [0.15, 0.2) is 11.1 Å². The van der Waals surface area contributed by atoms with Crippen molar-refractivity contribution in [1.29, 1.82) is 0 Å². The Labute approximate surface area is 97.2 Å². The third-order valence-corrected chi connectivity index (χ3v) is 3.26. The fourth-order valence-electron chi connectivity index (χ4n) is 1.77. The Balaban J connectivity index is 3.15. The normalized spacial score (nSPS) is 10.4. The average Bonchev–Trinajstić information content (AvgIpc) is 2.21. The molecular formula is C15H30. The van der Waals surface area contributed by atoms with Gasteiger partial charge in [0.25, 0.3) is 0 Å². The van der Waals surface area contributed by atoms with E-state index in [1.165, 1.54) is 63.4 Å². The van der Waals surface area contributed by atoms with Crippen LogP contribution in [0.4, 0.5) is 0 Å². The van der Waals surface area contributed by atoms with Gasteiger partial charge in [-0.1, -0.05) is 63.0 Å². The molecule has 0 radical (unpaired) electrons. The zero-order valence-electron chi connectivity index (χ0n) is 11.4. The second-order valence-electron chi connectivity index (χ2n) is 5.01. The summed E-state index contributed by atoms with van der Waals surface area (Å²) in [5.41, 5.74) is 3.11. The molecule has 0 aromatic rings. The number of allylic oxidation sites excluding steroid dienone is 2. The van der Waals surface area contributed by atoms with Crippen LogP contribution >= 0.6 is 0 Å². The minimum Gasteiger partial charge on any atom is -0.0775 e. The molecule has 0 heterocycles. The molecule has 0 aliphatic carbocycles. The van der Waals surface area contributed by atoms with Gasteiger partial charge in [0.2, 0.25) is 0 Å². The Morgan fingerprint density at radius 1 is 0.667 bits per heavy atom. The van der Waals surface area contributed by atoms with E-state index in [-0.39, 0.29) is 0 Å². The molecule has 0 spiro atoms. The molecule has 0 amide bonds. The summed E-state index contributed by atoms with van der Waals surface area (Å²) in [5.74, 6) is 0. The zero-order valence-corrected chi connectivity index (χ0v) is 11.4. The first-order valence-electron chi connectivity index (χ1n) is 6.81. The summed E-state index contributed by atoms with van der Waals surface area (Å²) >= 11 is 0. The minimum atomic E-state index is 1.32. The molecule has 0 aromatic carbocycles. The van der Waals surface area contributed by atoms with E-state index in [9.17, 15) is 0 Å². The fourth-order valence-corrected chi connectivity index (χ4v) is 1.77. The second kappa shape index (κ2) is 10.3. The van der Waals surface area contributed by atoms with Gasteiger partial charge in [0.1, 0.15) is 0 Å². The number of hydrogen-bond acceptors (Lipinski definition) is 0. The summed E-state index contributed by atoms with van der Waals surface area (Å²) in [5, 5.41) is 0. The molecule has 0 unspecified atom stereocenters. The van der Waals surface area contributed by atoms with Crippen LogP contribution in [0.3, 0.4) is 0 Å². The van der Waals surface area contributed by atoms with E-state index in [0.717, 1.165) is 0 Å². The molecule has 15 heavy (non-hydrogen) atoms. The summed E-state index contributed by atoms with van der Waals surface area (Å²) < 4.78 is 0. The summed E-state index contributed by atoms with van der Waals surface area (Å²) in [4.78, 5) is 0. The largest absolute Gasteiger partial charge is 0.0775 e. The van der Waals surface area contributed by atoms with Crippen LogP contribution in [0.5, 0.6) is 0 Å². The van der Waals surface area contributed by atoms with Gasteiger partial charge in [0.05, 0.1) is 0 Å². The predicted molar refractivity (Wildman–Crippen MR) is 71.3 cm³/mol. The maximum absolute atomic E-state index is 2.28. The van der Waals surface area contributed by atoms with Crippen LogP contribution in [0.1, 0.15) is 85.5 Å². The molecule has 0 rings (SSSR count). The SMILES string of the molecule is CCCCCCCCCCC(C)=C(C)C. The molecule has 0 nitrogen and oxygen atoms in total. The average molecular weight is 210 g/mol. The highest BCUT2D eigenvalue weighted by Crippen LogP contribution is 2.14. The van der Waals surface area contributed by atoms with Crippen LogP contribution in [-0.2, 0) is 0 Å². The number of rotatable bonds is 9. The molecule has 90 valence electrons. The van der Waals surface area contributed by atoms with Gasteiger partial charge in [-0.15, -0.1) is 0 Å². The molecule has 0 bridgehead atoms. The number of hydrogen-bond donors (Lipinski definition) is 0. The highest BCUT2D eigenvalue weighted by Gasteiger charge is 1.94. The highest BCUT2D eigenvalue weighted by molar-refractivity contribution is 5.06. The summed E-state index contributed by atoms with van der Waals surface area (Å²) in [6.07, 6.45) is 12.7. The lowest BCUT2D eigenvalue weighted by Crippen LogP contribution is -1.84. The van der Waals surface area contributed by atoms with Crippen molar-refractivity contribution in [2.24, 2.45) is 0 Å². The Bertz CT molecular complexity index is 161. The van der Waals surface area contributed by atoms with E-state index in [2.05, 4.69) is 27.7 Å². The maximum Gasteiger partial charge on any atom is -0.0321 e. The molecule has 0 N–H and O–H groups in total. The van der Waals surface area contributed by atoms with Gasteiger partial charge in [-0.25, -0.2) is 0 Å². The Morgan fingerprint density at radius 2 is 1.13 bits per heavy atom. The van der Waals surface area contributed by atoms with Crippen molar-refractivity contribution in [1.82, 2.24) is 0 Å². The van der Waals surface area contributed by atoms with E-state index in [1.807, 2.05) is 0 Å². The van der Waals surface area contributed by atoms with Gasteiger partial charge in [-0.05, 0) is 33.6 Å². The summed E-state index contributed by atoms with van der Waals surface area (Å²) in [6.45, 7) is 9.00. The van der Waals surface area contributed by atoms with Crippen LogP contribution in [-0.4, -0.2) is 0 Å². The first-order valence-corrected chi connectivity index (χ1v) is 6.81. The van der Waals surface area contributed by atoms with Crippen LogP contribution in [0.25, 0.3) is 0 Å². The van der Waals surface area contributed by atoms with E-state index in [0.29, 0.717) is 0 Å². The standard InChI is InChI=1S/C15H30/c1-5-6-7-8-9-10-11-12-13-15(4)14(2)3/h5-13H2,1-4H3. The summed E-state index contributed by atoms with van der Waals surface area (Å²) in [6, 6.07) is 0. The molecule has 0 saturated heterocycles. The quantitative estimate of drug-likeness (QED) is 0.329. The lowest BCUT2D eigenvalue weighted by atomic mass is 10.0.